The number of carbonyl (C=O) groups is 1. The van der Waals surface area contributed by atoms with Crippen molar-refractivity contribution in [1.82, 2.24) is 10.6 Å². The monoisotopic (exact) mass is 394 g/mol. The maximum Gasteiger partial charge on any atom is 0.260 e. The maximum absolute atomic E-state index is 13.0. The van der Waals surface area contributed by atoms with Crippen LogP contribution in [-0.4, -0.2) is 30.6 Å². The van der Waals surface area contributed by atoms with E-state index < -0.39 is 6.10 Å². The van der Waals surface area contributed by atoms with Gasteiger partial charge in [0.05, 0.1) is 4.47 Å². The van der Waals surface area contributed by atoms with Gasteiger partial charge in [-0.25, -0.2) is 4.39 Å². The molecule has 1 aliphatic heterocycles. The average molecular weight is 396 g/mol. The van der Waals surface area contributed by atoms with Gasteiger partial charge in [-0.2, -0.15) is 0 Å². The Kier molecular flexibility index (Phi) is 7.59. The molecule has 2 N–H and O–H groups in total. The first-order valence-corrected chi connectivity index (χ1v) is 7.90. The van der Waals surface area contributed by atoms with Gasteiger partial charge in [0.1, 0.15) is 11.6 Å². The standard InChI is InChI=1S/C15H20BrFN2O2.ClH/c1-9-7-12(5-6-18-9)19-15(20)10(2)21-14-4-3-11(17)8-13(14)16;/h3-4,8-10,12,18H,5-7H2,1-2H3,(H,19,20);1H. The van der Waals surface area contributed by atoms with Crippen molar-refractivity contribution in [1.29, 1.82) is 0 Å². The molecule has 0 bridgehead atoms. The molecule has 1 aromatic rings. The van der Waals surface area contributed by atoms with Crippen LogP contribution in [0.3, 0.4) is 0 Å². The predicted molar refractivity (Wildman–Crippen MR) is 90.1 cm³/mol. The van der Waals surface area contributed by atoms with E-state index >= 15 is 0 Å². The van der Waals surface area contributed by atoms with Gasteiger partial charge in [0.2, 0.25) is 0 Å². The number of hydrogen-bond acceptors (Lipinski definition) is 3. The van der Waals surface area contributed by atoms with E-state index in [0.717, 1.165) is 19.4 Å². The third kappa shape index (κ3) is 5.41. The summed E-state index contributed by atoms with van der Waals surface area (Å²) in [6.07, 6.45) is 1.21. The van der Waals surface area contributed by atoms with Crippen molar-refractivity contribution in [2.45, 2.75) is 44.9 Å². The first-order chi connectivity index (χ1) is 9.95. The molecule has 0 saturated carbocycles. The number of amides is 1. The van der Waals surface area contributed by atoms with Crippen LogP contribution >= 0.6 is 28.3 Å². The highest BCUT2D eigenvalue weighted by atomic mass is 79.9. The summed E-state index contributed by atoms with van der Waals surface area (Å²) >= 11 is 3.23. The van der Waals surface area contributed by atoms with Crippen molar-refractivity contribution in [3.63, 3.8) is 0 Å². The van der Waals surface area contributed by atoms with Crippen molar-refractivity contribution >= 4 is 34.2 Å². The molecule has 0 aromatic heterocycles. The van der Waals surface area contributed by atoms with Crippen molar-refractivity contribution in [2.75, 3.05) is 6.54 Å². The summed E-state index contributed by atoms with van der Waals surface area (Å²) in [5.41, 5.74) is 0. The molecule has 0 spiro atoms. The van der Waals surface area contributed by atoms with Gasteiger partial charge in [-0.3, -0.25) is 4.79 Å². The topological polar surface area (TPSA) is 50.4 Å². The first-order valence-electron chi connectivity index (χ1n) is 7.11. The molecule has 1 saturated heterocycles. The second kappa shape index (κ2) is 8.70. The van der Waals surface area contributed by atoms with Crippen LogP contribution in [0.25, 0.3) is 0 Å². The molecule has 0 radical (unpaired) electrons. The Bertz CT molecular complexity index is 518. The number of benzene rings is 1. The largest absolute Gasteiger partial charge is 0.480 e. The lowest BCUT2D eigenvalue weighted by Crippen LogP contribution is -2.49. The van der Waals surface area contributed by atoms with E-state index in [2.05, 4.69) is 33.5 Å². The van der Waals surface area contributed by atoms with E-state index in [4.69, 9.17) is 4.74 Å². The fraction of sp³-hybridized carbons (Fsp3) is 0.533. The summed E-state index contributed by atoms with van der Waals surface area (Å²) in [6, 6.07) is 4.71. The van der Waals surface area contributed by atoms with Crippen molar-refractivity contribution in [3.05, 3.63) is 28.5 Å². The Morgan fingerprint density at radius 2 is 2.27 bits per heavy atom. The van der Waals surface area contributed by atoms with Crippen LogP contribution in [0, 0.1) is 5.82 Å². The molecule has 0 aliphatic carbocycles. The predicted octanol–water partition coefficient (Wildman–Crippen LogP) is 3.03. The molecule has 1 amide bonds. The minimum atomic E-state index is -0.628. The van der Waals surface area contributed by atoms with E-state index in [1.807, 2.05) is 0 Å². The van der Waals surface area contributed by atoms with E-state index in [9.17, 15) is 9.18 Å². The number of carbonyl (C=O) groups excluding carboxylic acids is 1. The Labute approximate surface area is 144 Å². The first kappa shape index (κ1) is 19.2. The van der Waals surface area contributed by atoms with Gasteiger partial charge in [0.15, 0.2) is 6.10 Å². The average Bonchev–Trinajstić information content (AvgIpc) is 2.41. The zero-order valence-electron chi connectivity index (χ0n) is 12.6. The SMILES string of the molecule is CC1CC(NC(=O)C(C)Oc2ccc(F)cc2Br)CCN1.Cl. The van der Waals surface area contributed by atoms with Crippen LogP contribution < -0.4 is 15.4 Å². The lowest BCUT2D eigenvalue weighted by Gasteiger charge is -2.29. The molecule has 4 nitrogen and oxygen atoms in total. The van der Waals surface area contributed by atoms with Gasteiger partial charge in [-0.05, 0) is 67.4 Å². The van der Waals surface area contributed by atoms with Gasteiger partial charge in [0.25, 0.3) is 5.91 Å². The molecule has 3 unspecified atom stereocenters. The van der Waals surface area contributed by atoms with Gasteiger partial charge >= 0.3 is 0 Å². The zero-order chi connectivity index (χ0) is 15.4. The Morgan fingerprint density at radius 3 is 2.91 bits per heavy atom. The maximum atomic E-state index is 13.0. The van der Waals surface area contributed by atoms with E-state index in [-0.39, 0.29) is 30.2 Å². The fourth-order valence-electron chi connectivity index (χ4n) is 2.40. The normalized spacial score (nSPS) is 22.4. The Morgan fingerprint density at radius 1 is 1.55 bits per heavy atom. The lowest BCUT2D eigenvalue weighted by molar-refractivity contribution is -0.128. The zero-order valence-corrected chi connectivity index (χ0v) is 15.0. The number of halogens is 3. The van der Waals surface area contributed by atoms with Crippen molar-refractivity contribution in [2.24, 2.45) is 0 Å². The lowest BCUT2D eigenvalue weighted by atomic mass is 10.0. The van der Waals surface area contributed by atoms with Gasteiger partial charge in [0, 0.05) is 12.1 Å². The highest BCUT2D eigenvalue weighted by molar-refractivity contribution is 9.10. The number of hydrogen-bond donors (Lipinski definition) is 2. The molecule has 7 heteroatoms. The Hall–Kier alpha value is -0.850. The number of piperidine rings is 1. The second-order valence-corrected chi connectivity index (χ2v) is 6.27. The molecule has 22 heavy (non-hydrogen) atoms. The van der Waals surface area contributed by atoms with Crippen LogP contribution in [0.1, 0.15) is 26.7 Å². The molecule has 124 valence electrons. The van der Waals surface area contributed by atoms with Gasteiger partial charge < -0.3 is 15.4 Å². The summed E-state index contributed by atoms with van der Waals surface area (Å²) in [5, 5.41) is 6.35. The molecule has 1 fully saturated rings. The number of ether oxygens (including phenoxy) is 1. The van der Waals surface area contributed by atoms with Crippen LogP contribution in [0.2, 0.25) is 0 Å². The van der Waals surface area contributed by atoms with Crippen LogP contribution in [0.5, 0.6) is 5.75 Å². The summed E-state index contributed by atoms with van der Waals surface area (Å²) in [6.45, 7) is 4.70. The van der Waals surface area contributed by atoms with Gasteiger partial charge in [-0.1, -0.05) is 0 Å². The van der Waals surface area contributed by atoms with Crippen LogP contribution in [-0.2, 0) is 4.79 Å². The summed E-state index contributed by atoms with van der Waals surface area (Å²) in [5.74, 6) is -0.0434. The Balaban J connectivity index is 0.00000242. The van der Waals surface area contributed by atoms with Crippen molar-refractivity contribution < 1.29 is 13.9 Å². The molecular formula is C15H21BrClFN2O2. The highest BCUT2D eigenvalue weighted by Crippen LogP contribution is 2.26. The summed E-state index contributed by atoms with van der Waals surface area (Å²) in [7, 11) is 0. The second-order valence-electron chi connectivity index (χ2n) is 5.42. The highest BCUT2D eigenvalue weighted by Gasteiger charge is 2.23. The van der Waals surface area contributed by atoms with Gasteiger partial charge in [-0.15, -0.1) is 12.4 Å². The summed E-state index contributed by atoms with van der Waals surface area (Å²) < 4.78 is 19.1. The fourth-order valence-corrected chi connectivity index (χ4v) is 2.84. The molecule has 2 rings (SSSR count). The minimum absolute atomic E-state index is 0. The van der Waals surface area contributed by atoms with E-state index in [1.165, 1.54) is 18.2 Å². The smallest absolute Gasteiger partial charge is 0.260 e. The third-order valence-corrected chi connectivity index (χ3v) is 4.16. The van der Waals surface area contributed by atoms with E-state index in [1.54, 1.807) is 6.92 Å². The molecule has 1 aliphatic rings. The number of rotatable bonds is 4. The quantitative estimate of drug-likeness (QED) is 0.824. The molecular weight excluding hydrogens is 375 g/mol. The van der Waals surface area contributed by atoms with Crippen molar-refractivity contribution in [3.8, 4) is 5.75 Å². The number of nitrogens with one attached hydrogen (secondary N) is 2. The molecule has 1 heterocycles. The summed E-state index contributed by atoms with van der Waals surface area (Å²) in [4.78, 5) is 12.2. The third-order valence-electron chi connectivity index (χ3n) is 3.54. The van der Waals surface area contributed by atoms with Crippen LogP contribution in [0.15, 0.2) is 22.7 Å². The minimum Gasteiger partial charge on any atom is -0.480 e. The van der Waals surface area contributed by atoms with Crippen LogP contribution in [0.4, 0.5) is 4.39 Å². The molecule has 1 aromatic carbocycles. The van der Waals surface area contributed by atoms with E-state index in [0.29, 0.717) is 16.3 Å². The molecule has 3 atom stereocenters.